The zero-order chi connectivity index (χ0) is 14.7. The molecule has 4 heteroatoms. The number of hydrogen-bond acceptors (Lipinski definition) is 3. The quantitative estimate of drug-likeness (QED) is 0.634. The standard InChI is InChI=1S/C17H18N2OS/c18-14-7-5-13(6-8-14)17(12-20,16-4-1-9-19-16)11-15-3-2-10-21-15/h1-10,19-20H,11-12,18H2. The van der Waals surface area contributed by atoms with Gasteiger partial charge in [0.05, 0.1) is 12.0 Å². The van der Waals surface area contributed by atoms with E-state index in [1.54, 1.807) is 11.3 Å². The number of aromatic amines is 1. The molecule has 3 aromatic rings. The molecule has 0 radical (unpaired) electrons. The van der Waals surface area contributed by atoms with Crippen LogP contribution in [0, 0.1) is 0 Å². The lowest BCUT2D eigenvalue weighted by Gasteiger charge is -2.31. The largest absolute Gasteiger partial charge is 0.399 e. The molecule has 0 saturated carbocycles. The first kappa shape index (κ1) is 13.9. The fourth-order valence-electron chi connectivity index (χ4n) is 2.73. The van der Waals surface area contributed by atoms with E-state index in [0.29, 0.717) is 0 Å². The van der Waals surface area contributed by atoms with Crippen LogP contribution in [0.3, 0.4) is 0 Å². The predicted molar refractivity (Wildman–Crippen MR) is 87.5 cm³/mol. The number of aliphatic hydroxyl groups is 1. The van der Waals surface area contributed by atoms with Gasteiger partial charge in [-0.05, 0) is 47.7 Å². The van der Waals surface area contributed by atoms with Crippen molar-refractivity contribution in [3.63, 3.8) is 0 Å². The van der Waals surface area contributed by atoms with Gasteiger partial charge in [0.25, 0.3) is 0 Å². The number of aromatic nitrogens is 1. The van der Waals surface area contributed by atoms with Crippen LogP contribution in [0.4, 0.5) is 5.69 Å². The number of hydrogen-bond donors (Lipinski definition) is 3. The molecule has 3 nitrogen and oxygen atoms in total. The normalized spacial score (nSPS) is 14.0. The summed E-state index contributed by atoms with van der Waals surface area (Å²) in [6, 6.07) is 15.9. The van der Waals surface area contributed by atoms with Crippen molar-refractivity contribution < 1.29 is 5.11 Å². The monoisotopic (exact) mass is 298 g/mol. The van der Waals surface area contributed by atoms with E-state index in [0.717, 1.165) is 23.4 Å². The number of nitrogen functional groups attached to an aromatic ring is 1. The SMILES string of the molecule is Nc1ccc(C(CO)(Cc2cccs2)c2ccc[nH]2)cc1. The summed E-state index contributed by atoms with van der Waals surface area (Å²) in [6.45, 7) is 0.0370. The third-order valence-electron chi connectivity index (χ3n) is 3.90. The molecule has 1 aromatic carbocycles. The molecule has 0 fully saturated rings. The second-order valence-electron chi connectivity index (χ2n) is 5.20. The molecule has 2 aromatic heterocycles. The summed E-state index contributed by atoms with van der Waals surface area (Å²) in [5.74, 6) is 0. The number of H-pyrrole nitrogens is 1. The van der Waals surface area contributed by atoms with Gasteiger partial charge in [0.15, 0.2) is 0 Å². The van der Waals surface area contributed by atoms with Crippen molar-refractivity contribution in [1.29, 1.82) is 0 Å². The predicted octanol–water partition coefficient (Wildman–Crippen LogP) is 3.18. The molecule has 0 bridgehead atoms. The Morgan fingerprint density at radius 2 is 1.90 bits per heavy atom. The Balaban J connectivity index is 2.10. The van der Waals surface area contributed by atoms with E-state index >= 15 is 0 Å². The Kier molecular flexibility index (Phi) is 3.82. The second-order valence-corrected chi connectivity index (χ2v) is 6.23. The van der Waals surface area contributed by atoms with Crippen LogP contribution in [-0.4, -0.2) is 16.7 Å². The van der Waals surface area contributed by atoms with Crippen LogP contribution in [0.25, 0.3) is 0 Å². The molecule has 108 valence electrons. The summed E-state index contributed by atoms with van der Waals surface area (Å²) in [4.78, 5) is 4.51. The summed E-state index contributed by atoms with van der Waals surface area (Å²) < 4.78 is 0. The summed E-state index contributed by atoms with van der Waals surface area (Å²) in [5, 5.41) is 12.3. The molecule has 4 N–H and O–H groups in total. The van der Waals surface area contributed by atoms with E-state index in [4.69, 9.17) is 5.73 Å². The van der Waals surface area contributed by atoms with E-state index in [1.165, 1.54) is 4.88 Å². The Labute approximate surface area is 128 Å². The number of rotatable bonds is 5. The minimum absolute atomic E-state index is 0.0370. The molecule has 0 aliphatic heterocycles. The van der Waals surface area contributed by atoms with E-state index < -0.39 is 5.41 Å². The lowest BCUT2D eigenvalue weighted by atomic mass is 9.75. The van der Waals surface area contributed by atoms with Crippen molar-refractivity contribution in [1.82, 2.24) is 4.98 Å². The van der Waals surface area contributed by atoms with Crippen molar-refractivity contribution in [2.75, 3.05) is 12.3 Å². The minimum atomic E-state index is -0.470. The van der Waals surface area contributed by atoms with Crippen LogP contribution in [0.1, 0.15) is 16.1 Å². The molecular weight excluding hydrogens is 280 g/mol. The highest BCUT2D eigenvalue weighted by molar-refractivity contribution is 7.09. The highest BCUT2D eigenvalue weighted by Gasteiger charge is 2.35. The maximum Gasteiger partial charge on any atom is 0.0631 e. The maximum absolute atomic E-state index is 10.2. The highest BCUT2D eigenvalue weighted by atomic mass is 32.1. The van der Waals surface area contributed by atoms with Crippen molar-refractivity contribution in [2.45, 2.75) is 11.8 Å². The summed E-state index contributed by atoms with van der Waals surface area (Å²) in [5.41, 5.74) is 8.14. The van der Waals surface area contributed by atoms with Crippen LogP contribution >= 0.6 is 11.3 Å². The zero-order valence-electron chi connectivity index (χ0n) is 11.6. The first-order valence-corrected chi connectivity index (χ1v) is 7.76. The molecule has 2 heterocycles. The zero-order valence-corrected chi connectivity index (χ0v) is 12.4. The summed E-state index contributed by atoms with van der Waals surface area (Å²) in [7, 11) is 0. The number of anilines is 1. The van der Waals surface area contributed by atoms with Crippen LogP contribution in [0.2, 0.25) is 0 Å². The lowest BCUT2D eigenvalue weighted by molar-refractivity contribution is 0.216. The molecule has 0 saturated heterocycles. The van der Waals surface area contributed by atoms with Crippen molar-refractivity contribution in [3.05, 3.63) is 76.2 Å². The van der Waals surface area contributed by atoms with Gasteiger partial charge in [-0.15, -0.1) is 11.3 Å². The molecular formula is C17H18N2OS. The van der Waals surface area contributed by atoms with Gasteiger partial charge < -0.3 is 15.8 Å². The van der Waals surface area contributed by atoms with E-state index in [2.05, 4.69) is 16.4 Å². The highest BCUT2D eigenvalue weighted by Crippen LogP contribution is 2.36. The molecule has 1 unspecified atom stereocenters. The number of benzene rings is 1. The molecule has 3 rings (SSSR count). The number of nitrogens with one attached hydrogen (secondary N) is 1. The van der Waals surface area contributed by atoms with Gasteiger partial charge in [-0.1, -0.05) is 18.2 Å². The Bertz CT molecular complexity index is 674. The average molecular weight is 298 g/mol. The minimum Gasteiger partial charge on any atom is -0.399 e. The third kappa shape index (κ3) is 2.60. The van der Waals surface area contributed by atoms with Gasteiger partial charge >= 0.3 is 0 Å². The van der Waals surface area contributed by atoms with E-state index in [1.807, 2.05) is 48.7 Å². The van der Waals surface area contributed by atoms with Crippen molar-refractivity contribution in [3.8, 4) is 0 Å². The topological polar surface area (TPSA) is 62.0 Å². The smallest absolute Gasteiger partial charge is 0.0631 e. The molecule has 21 heavy (non-hydrogen) atoms. The van der Waals surface area contributed by atoms with Gasteiger partial charge in [-0.2, -0.15) is 0 Å². The van der Waals surface area contributed by atoms with Gasteiger partial charge in [0, 0.05) is 22.5 Å². The number of aliphatic hydroxyl groups excluding tert-OH is 1. The number of thiophene rings is 1. The number of nitrogens with two attached hydrogens (primary N) is 1. The molecule has 0 aliphatic carbocycles. The van der Waals surface area contributed by atoms with Gasteiger partial charge in [-0.25, -0.2) is 0 Å². The lowest BCUT2D eigenvalue weighted by Crippen LogP contribution is -2.34. The fourth-order valence-corrected chi connectivity index (χ4v) is 3.54. The first-order chi connectivity index (χ1) is 10.2. The Hall–Kier alpha value is -2.04. The third-order valence-corrected chi connectivity index (χ3v) is 4.78. The van der Waals surface area contributed by atoms with Crippen molar-refractivity contribution >= 4 is 17.0 Å². The summed E-state index contributed by atoms with van der Waals surface area (Å²) in [6.07, 6.45) is 2.65. The maximum atomic E-state index is 10.2. The van der Waals surface area contributed by atoms with Crippen LogP contribution < -0.4 is 5.73 Å². The van der Waals surface area contributed by atoms with Gasteiger partial charge in [-0.3, -0.25) is 0 Å². The van der Waals surface area contributed by atoms with Crippen molar-refractivity contribution in [2.24, 2.45) is 0 Å². The summed E-state index contributed by atoms with van der Waals surface area (Å²) >= 11 is 1.71. The van der Waals surface area contributed by atoms with Crippen LogP contribution in [0.15, 0.2) is 60.1 Å². The molecule has 0 spiro atoms. The Morgan fingerprint density at radius 1 is 1.10 bits per heavy atom. The van der Waals surface area contributed by atoms with E-state index in [9.17, 15) is 5.11 Å². The van der Waals surface area contributed by atoms with Gasteiger partial charge in [0.2, 0.25) is 0 Å². The van der Waals surface area contributed by atoms with Crippen LogP contribution in [-0.2, 0) is 11.8 Å². The Morgan fingerprint density at radius 3 is 2.48 bits per heavy atom. The fraction of sp³-hybridized carbons (Fsp3) is 0.176. The average Bonchev–Trinajstić information content (AvgIpc) is 3.19. The second kappa shape index (κ2) is 5.76. The van der Waals surface area contributed by atoms with Gasteiger partial charge in [0.1, 0.15) is 0 Å². The molecule has 0 amide bonds. The first-order valence-electron chi connectivity index (χ1n) is 6.88. The molecule has 1 atom stereocenters. The van der Waals surface area contributed by atoms with E-state index in [-0.39, 0.29) is 6.61 Å². The van der Waals surface area contributed by atoms with Crippen LogP contribution in [0.5, 0.6) is 0 Å². The molecule has 0 aliphatic rings.